The summed E-state index contributed by atoms with van der Waals surface area (Å²) in [5.41, 5.74) is 0.631. The number of rotatable bonds is 2. The lowest BCUT2D eigenvalue weighted by Crippen LogP contribution is -1.98. The van der Waals surface area contributed by atoms with Crippen LogP contribution in [0.3, 0.4) is 0 Å². The number of carbonyl (C=O) groups excluding carboxylic acids is 1. The Morgan fingerprint density at radius 1 is 1.50 bits per heavy atom. The van der Waals surface area contributed by atoms with Gasteiger partial charge in [-0.3, -0.25) is 4.79 Å². The summed E-state index contributed by atoms with van der Waals surface area (Å²) in [5, 5.41) is 0. The van der Waals surface area contributed by atoms with Gasteiger partial charge in [-0.15, -0.1) is 0 Å². The van der Waals surface area contributed by atoms with E-state index in [4.69, 9.17) is 4.42 Å². The summed E-state index contributed by atoms with van der Waals surface area (Å²) in [7, 11) is 0. The molecule has 0 spiro atoms. The first-order valence-corrected chi connectivity index (χ1v) is 4.98. The number of nitrogens with zero attached hydrogens (tertiary/aromatic N) is 1. The fourth-order valence-electron chi connectivity index (χ4n) is 1.32. The summed E-state index contributed by atoms with van der Waals surface area (Å²) in [6.07, 6.45) is 1.63. The van der Waals surface area contributed by atoms with E-state index in [1.165, 1.54) is 11.5 Å². The number of hydrogen-bond donors (Lipinski definition) is 0. The van der Waals surface area contributed by atoms with Crippen LogP contribution in [0.15, 0.2) is 22.7 Å². The van der Waals surface area contributed by atoms with Crippen molar-refractivity contribution in [2.45, 2.75) is 13.8 Å². The largest absolute Gasteiger partial charge is 0.466 e. The van der Waals surface area contributed by atoms with Crippen LogP contribution in [-0.4, -0.2) is 10.2 Å². The maximum absolute atomic E-state index is 11.9. The van der Waals surface area contributed by atoms with E-state index in [0.717, 1.165) is 5.76 Å². The fourth-order valence-corrected chi connectivity index (χ4v) is 1.87. The molecular weight excluding hydrogens is 198 g/mol. The van der Waals surface area contributed by atoms with Crippen molar-refractivity contribution in [2.24, 2.45) is 0 Å². The zero-order valence-corrected chi connectivity index (χ0v) is 8.72. The molecule has 72 valence electrons. The van der Waals surface area contributed by atoms with Gasteiger partial charge < -0.3 is 4.42 Å². The van der Waals surface area contributed by atoms with Crippen LogP contribution in [0.5, 0.6) is 0 Å². The van der Waals surface area contributed by atoms with Crippen LogP contribution in [0.2, 0.25) is 0 Å². The zero-order chi connectivity index (χ0) is 10.1. The first-order chi connectivity index (χ1) is 6.68. The molecule has 2 aromatic rings. The first-order valence-electron chi connectivity index (χ1n) is 4.21. The maximum atomic E-state index is 11.9. The van der Waals surface area contributed by atoms with Gasteiger partial charge in [0.2, 0.25) is 5.78 Å². The summed E-state index contributed by atoms with van der Waals surface area (Å²) in [4.78, 5) is 12.5. The molecule has 0 unspecified atom stereocenters. The monoisotopic (exact) mass is 207 g/mol. The van der Waals surface area contributed by atoms with Gasteiger partial charge in [-0.2, -0.15) is 0 Å². The average Bonchev–Trinajstić information content (AvgIpc) is 2.73. The minimum atomic E-state index is -0.0122. The predicted octanol–water partition coefficient (Wildman–Crippen LogP) is 2.58. The SMILES string of the molecule is Cc1cc(C(=O)c2ccns2)c(C)o1. The Labute approximate surface area is 85.5 Å². The Kier molecular flexibility index (Phi) is 2.21. The van der Waals surface area contributed by atoms with Gasteiger partial charge in [0.15, 0.2) is 0 Å². The Balaban J connectivity index is 2.41. The van der Waals surface area contributed by atoms with Crippen molar-refractivity contribution in [3.05, 3.63) is 40.3 Å². The average molecular weight is 207 g/mol. The predicted molar refractivity (Wildman–Crippen MR) is 53.7 cm³/mol. The molecule has 0 saturated carbocycles. The summed E-state index contributed by atoms with van der Waals surface area (Å²) in [6, 6.07) is 3.48. The van der Waals surface area contributed by atoms with E-state index in [2.05, 4.69) is 4.37 Å². The summed E-state index contributed by atoms with van der Waals surface area (Å²) in [5.74, 6) is 1.41. The van der Waals surface area contributed by atoms with E-state index in [0.29, 0.717) is 16.2 Å². The van der Waals surface area contributed by atoms with Gasteiger partial charge in [0.25, 0.3) is 0 Å². The lowest BCUT2D eigenvalue weighted by Gasteiger charge is -1.92. The van der Waals surface area contributed by atoms with E-state index in [1.54, 1.807) is 25.3 Å². The van der Waals surface area contributed by atoms with Crippen LogP contribution in [0, 0.1) is 13.8 Å². The highest BCUT2D eigenvalue weighted by Gasteiger charge is 2.16. The Hall–Kier alpha value is -1.42. The van der Waals surface area contributed by atoms with Crippen molar-refractivity contribution in [1.29, 1.82) is 0 Å². The van der Waals surface area contributed by atoms with Crippen LogP contribution in [0.4, 0.5) is 0 Å². The third-order valence-corrected chi connectivity index (χ3v) is 2.69. The third-order valence-electron chi connectivity index (χ3n) is 1.95. The van der Waals surface area contributed by atoms with Crippen LogP contribution in [-0.2, 0) is 0 Å². The smallest absolute Gasteiger partial charge is 0.208 e. The zero-order valence-electron chi connectivity index (χ0n) is 7.90. The fraction of sp³-hybridized carbons (Fsp3) is 0.200. The Bertz CT molecular complexity index is 456. The van der Waals surface area contributed by atoms with Gasteiger partial charge >= 0.3 is 0 Å². The van der Waals surface area contributed by atoms with E-state index in [-0.39, 0.29) is 5.78 Å². The normalized spacial score (nSPS) is 10.4. The van der Waals surface area contributed by atoms with Crippen molar-refractivity contribution in [1.82, 2.24) is 4.37 Å². The molecule has 0 radical (unpaired) electrons. The number of aromatic nitrogens is 1. The second-order valence-corrected chi connectivity index (χ2v) is 3.87. The second-order valence-electron chi connectivity index (χ2n) is 3.03. The third kappa shape index (κ3) is 1.48. The molecule has 2 rings (SSSR count). The van der Waals surface area contributed by atoms with E-state index >= 15 is 0 Å². The van der Waals surface area contributed by atoms with Crippen LogP contribution in [0.25, 0.3) is 0 Å². The number of carbonyl (C=O) groups is 1. The number of aryl methyl sites for hydroxylation is 2. The molecule has 2 aromatic heterocycles. The van der Waals surface area contributed by atoms with E-state index < -0.39 is 0 Å². The summed E-state index contributed by atoms with van der Waals surface area (Å²) in [6.45, 7) is 3.62. The Morgan fingerprint density at radius 3 is 2.79 bits per heavy atom. The van der Waals surface area contributed by atoms with Crippen molar-refractivity contribution in [3.8, 4) is 0 Å². The van der Waals surface area contributed by atoms with Gasteiger partial charge in [-0.1, -0.05) is 0 Å². The molecule has 0 saturated heterocycles. The van der Waals surface area contributed by atoms with Crippen molar-refractivity contribution in [3.63, 3.8) is 0 Å². The minimum absolute atomic E-state index is 0.0122. The summed E-state index contributed by atoms with van der Waals surface area (Å²) >= 11 is 1.20. The number of furan rings is 1. The van der Waals surface area contributed by atoms with Crippen LogP contribution < -0.4 is 0 Å². The molecule has 4 heteroatoms. The number of hydrogen-bond acceptors (Lipinski definition) is 4. The van der Waals surface area contributed by atoms with Gasteiger partial charge in [0, 0.05) is 6.20 Å². The lowest BCUT2D eigenvalue weighted by atomic mass is 10.1. The molecular formula is C10H9NO2S. The molecule has 0 aliphatic rings. The molecule has 3 nitrogen and oxygen atoms in total. The van der Waals surface area contributed by atoms with Gasteiger partial charge in [-0.25, -0.2) is 4.37 Å². The highest BCUT2D eigenvalue weighted by molar-refractivity contribution is 7.08. The molecule has 0 aliphatic carbocycles. The highest BCUT2D eigenvalue weighted by Crippen LogP contribution is 2.19. The quantitative estimate of drug-likeness (QED) is 0.711. The molecule has 2 heterocycles. The van der Waals surface area contributed by atoms with Crippen molar-refractivity contribution in [2.75, 3.05) is 0 Å². The van der Waals surface area contributed by atoms with E-state index in [9.17, 15) is 4.79 Å². The first kappa shape index (κ1) is 9.15. The standard InChI is InChI=1S/C10H9NO2S/c1-6-5-8(7(2)13-6)10(12)9-3-4-11-14-9/h3-5H,1-2H3. The van der Waals surface area contributed by atoms with Crippen LogP contribution in [0.1, 0.15) is 26.8 Å². The molecule has 0 atom stereocenters. The molecule has 0 fully saturated rings. The lowest BCUT2D eigenvalue weighted by molar-refractivity contribution is 0.104. The van der Waals surface area contributed by atoms with Gasteiger partial charge in [-0.05, 0) is 37.5 Å². The van der Waals surface area contributed by atoms with Crippen molar-refractivity contribution >= 4 is 17.3 Å². The molecule has 0 aliphatic heterocycles. The van der Waals surface area contributed by atoms with E-state index in [1.807, 2.05) is 6.92 Å². The second kappa shape index (κ2) is 3.38. The van der Waals surface area contributed by atoms with Crippen LogP contribution >= 0.6 is 11.5 Å². The summed E-state index contributed by atoms with van der Waals surface area (Å²) < 4.78 is 9.19. The molecule has 0 bridgehead atoms. The highest BCUT2D eigenvalue weighted by atomic mass is 32.1. The minimum Gasteiger partial charge on any atom is -0.466 e. The van der Waals surface area contributed by atoms with Gasteiger partial charge in [0.05, 0.1) is 10.4 Å². The maximum Gasteiger partial charge on any atom is 0.208 e. The molecule has 0 N–H and O–H groups in total. The molecule has 0 amide bonds. The van der Waals surface area contributed by atoms with Crippen molar-refractivity contribution < 1.29 is 9.21 Å². The topological polar surface area (TPSA) is 43.1 Å². The molecule has 0 aromatic carbocycles. The molecule has 14 heavy (non-hydrogen) atoms. The van der Waals surface area contributed by atoms with Gasteiger partial charge in [0.1, 0.15) is 11.5 Å². The Morgan fingerprint density at radius 2 is 2.29 bits per heavy atom. The number of ketones is 1.